The van der Waals surface area contributed by atoms with Crippen molar-refractivity contribution in [2.24, 2.45) is 0 Å². The summed E-state index contributed by atoms with van der Waals surface area (Å²) in [5, 5.41) is 3.62. The average Bonchev–Trinajstić information content (AvgIpc) is 2.47. The van der Waals surface area contributed by atoms with Crippen molar-refractivity contribution in [2.45, 2.75) is 27.7 Å². The van der Waals surface area contributed by atoms with E-state index in [1.54, 1.807) is 7.11 Å². The number of benzene rings is 1. The zero-order valence-electron chi connectivity index (χ0n) is 13.5. The van der Waals surface area contributed by atoms with E-state index in [0.29, 0.717) is 11.0 Å². The number of nitrogens with zero attached hydrogens (tertiary/aromatic N) is 2. The van der Waals surface area contributed by atoms with Crippen molar-refractivity contribution >= 4 is 23.1 Å². The summed E-state index contributed by atoms with van der Waals surface area (Å²) in [5.74, 6) is 1.29. The summed E-state index contributed by atoms with van der Waals surface area (Å²) in [6, 6.07) is 3.89. The summed E-state index contributed by atoms with van der Waals surface area (Å²) in [4.78, 5) is 8.76. The standard InChI is InChI=1S/C16H20ClN3O2/c1-9-6-7-13(22-8-21-5)10(2)14(9)20-16-15(17)18-11(3)12(4)19-16/h6-7H,8H2,1-5H3,(H,19,20). The lowest BCUT2D eigenvalue weighted by atomic mass is 10.1. The van der Waals surface area contributed by atoms with Gasteiger partial charge >= 0.3 is 0 Å². The average molecular weight is 322 g/mol. The van der Waals surface area contributed by atoms with Gasteiger partial charge in [-0.1, -0.05) is 17.7 Å². The van der Waals surface area contributed by atoms with E-state index in [1.165, 1.54) is 0 Å². The second kappa shape index (κ2) is 6.94. The summed E-state index contributed by atoms with van der Waals surface area (Å²) in [6.07, 6.45) is 0. The van der Waals surface area contributed by atoms with E-state index in [1.807, 2.05) is 39.8 Å². The Morgan fingerprint density at radius 2 is 1.77 bits per heavy atom. The van der Waals surface area contributed by atoms with Gasteiger partial charge in [-0.3, -0.25) is 0 Å². The summed E-state index contributed by atoms with van der Waals surface area (Å²) < 4.78 is 10.5. The van der Waals surface area contributed by atoms with Crippen LogP contribution in [-0.2, 0) is 4.74 Å². The predicted octanol–water partition coefficient (Wildman–Crippen LogP) is 4.09. The van der Waals surface area contributed by atoms with Crippen LogP contribution in [0.5, 0.6) is 5.75 Å². The number of nitrogens with one attached hydrogen (secondary N) is 1. The molecule has 1 N–H and O–H groups in total. The van der Waals surface area contributed by atoms with Crippen molar-refractivity contribution in [2.75, 3.05) is 19.2 Å². The number of ether oxygens (including phenoxy) is 2. The summed E-state index contributed by atoms with van der Waals surface area (Å²) in [5.41, 5.74) is 4.61. The largest absolute Gasteiger partial charge is 0.467 e. The third kappa shape index (κ3) is 3.48. The van der Waals surface area contributed by atoms with Gasteiger partial charge in [-0.25, -0.2) is 9.97 Å². The van der Waals surface area contributed by atoms with Gasteiger partial charge in [0.2, 0.25) is 0 Å². The Labute approximate surface area is 135 Å². The van der Waals surface area contributed by atoms with Crippen LogP contribution in [0.15, 0.2) is 12.1 Å². The van der Waals surface area contributed by atoms with Crippen LogP contribution in [0.25, 0.3) is 0 Å². The lowest BCUT2D eigenvalue weighted by molar-refractivity contribution is 0.0507. The minimum absolute atomic E-state index is 0.202. The van der Waals surface area contributed by atoms with Crippen LogP contribution in [0.4, 0.5) is 11.5 Å². The molecule has 0 radical (unpaired) electrons. The van der Waals surface area contributed by atoms with Crippen molar-refractivity contribution in [3.8, 4) is 5.75 Å². The van der Waals surface area contributed by atoms with E-state index < -0.39 is 0 Å². The topological polar surface area (TPSA) is 56.3 Å². The molecule has 118 valence electrons. The maximum Gasteiger partial charge on any atom is 0.188 e. The first kappa shape index (κ1) is 16.5. The number of aryl methyl sites for hydroxylation is 3. The molecule has 1 aromatic carbocycles. The van der Waals surface area contributed by atoms with Gasteiger partial charge < -0.3 is 14.8 Å². The summed E-state index contributed by atoms with van der Waals surface area (Å²) in [6.45, 7) is 7.98. The van der Waals surface area contributed by atoms with E-state index in [2.05, 4.69) is 15.3 Å². The highest BCUT2D eigenvalue weighted by Gasteiger charge is 2.13. The van der Waals surface area contributed by atoms with Gasteiger partial charge in [0, 0.05) is 18.4 Å². The van der Waals surface area contributed by atoms with Crippen molar-refractivity contribution in [1.82, 2.24) is 9.97 Å². The molecule has 6 heteroatoms. The predicted molar refractivity (Wildman–Crippen MR) is 88.2 cm³/mol. The summed E-state index contributed by atoms with van der Waals surface area (Å²) >= 11 is 6.19. The van der Waals surface area contributed by atoms with Gasteiger partial charge in [0.15, 0.2) is 17.8 Å². The molecule has 0 atom stereocenters. The first-order valence-corrected chi connectivity index (χ1v) is 7.31. The van der Waals surface area contributed by atoms with Gasteiger partial charge in [-0.15, -0.1) is 0 Å². The molecule has 22 heavy (non-hydrogen) atoms. The highest BCUT2D eigenvalue weighted by Crippen LogP contribution is 2.32. The first-order valence-electron chi connectivity index (χ1n) is 6.93. The van der Waals surface area contributed by atoms with E-state index in [0.717, 1.165) is 34.0 Å². The summed E-state index contributed by atoms with van der Waals surface area (Å²) in [7, 11) is 1.59. The zero-order valence-corrected chi connectivity index (χ0v) is 14.2. The molecular weight excluding hydrogens is 302 g/mol. The Morgan fingerprint density at radius 1 is 1.09 bits per heavy atom. The van der Waals surface area contributed by atoms with Gasteiger partial charge in [0.1, 0.15) is 5.75 Å². The Balaban J connectivity index is 2.39. The van der Waals surface area contributed by atoms with E-state index in [9.17, 15) is 0 Å². The van der Waals surface area contributed by atoms with Crippen molar-refractivity contribution in [1.29, 1.82) is 0 Å². The van der Waals surface area contributed by atoms with Crippen LogP contribution < -0.4 is 10.1 Å². The molecule has 0 aliphatic carbocycles. The Morgan fingerprint density at radius 3 is 2.45 bits per heavy atom. The Hall–Kier alpha value is -1.85. The number of anilines is 2. The van der Waals surface area contributed by atoms with Crippen LogP contribution in [-0.4, -0.2) is 23.9 Å². The first-order chi connectivity index (χ1) is 10.4. The van der Waals surface area contributed by atoms with E-state index >= 15 is 0 Å². The quantitative estimate of drug-likeness (QED) is 0.841. The molecule has 2 aromatic rings. The molecule has 5 nitrogen and oxygen atoms in total. The maximum atomic E-state index is 6.19. The number of rotatable bonds is 5. The number of aromatic nitrogens is 2. The molecule has 1 heterocycles. The molecule has 0 bridgehead atoms. The van der Waals surface area contributed by atoms with Gasteiger partial charge in [0.25, 0.3) is 0 Å². The van der Waals surface area contributed by atoms with Crippen molar-refractivity contribution in [3.63, 3.8) is 0 Å². The third-order valence-electron chi connectivity index (χ3n) is 3.46. The maximum absolute atomic E-state index is 6.19. The van der Waals surface area contributed by atoms with E-state index in [-0.39, 0.29) is 6.79 Å². The molecule has 0 saturated carbocycles. The molecule has 0 saturated heterocycles. The molecule has 1 aromatic heterocycles. The number of halogens is 1. The molecule has 0 amide bonds. The molecule has 0 unspecified atom stereocenters. The van der Waals surface area contributed by atoms with Gasteiger partial charge in [0.05, 0.1) is 11.4 Å². The highest BCUT2D eigenvalue weighted by atomic mass is 35.5. The minimum Gasteiger partial charge on any atom is -0.467 e. The number of hydrogen-bond acceptors (Lipinski definition) is 5. The van der Waals surface area contributed by atoms with Crippen LogP contribution >= 0.6 is 11.6 Å². The molecular formula is C16H20ClN3O2. The molecule has 0 spiro atoms. The van der Waals surface area contributed by atoms with Crippen LogP contribution in [0.2, 0.25) is 5.15 Å². The molecule has 0 aliphatic heterocycles. The zero-order chi connectivity index (χ0) is 16.3. The molecule has 0 aliphatic rings. The SMILES string of the molecule is COCOc1ccc(C)c(Nc2nc(C)c(C)nc2Cl)c1C. The van der Waals surface area contributed by atoms with Crippen molar-refractivity contribution in [3.05, 3.63) is 39.8 Å². The second-order valence-corrected chi connectivity index (χ2v) is 5.45. The Kier molecular flexibility index (Phi) is 5.21. The van der Waals surface area contributed by atoms with Crippen LogP contribution in [0.1, 0.15) is 22.5 Å². The van der Waals surface area contributed by atoms with Crippen molar-refractivity contribution < 1.29 is 9.47 Å². The Bertz CT molecular complexity index is 690. The number of hydrogen-bond donors (Lipinski definition) is 1. The van der Waals surface area contributed by atoms with Gasteiger partial charge in [-0.2, -0.15) is 0 Å². The lowest BCUT2D eigenvalue weighted by Crippen LogP contribution is -2.05. The monoisotopic (exact) mass is 321 g/mol. The fourth-order valence-electron chi connectivity index (χ4n) is 2.07. The fraction of sp³-hybridized carbons (Fsp3) is 0.375. The smallest absolute Gasteiger partial charge is 0.188 e. The minimum atomic E-state index is 0.202. The molecule has 2 rings (SSSR count). The highest BCUT2D eigenvalue weighted by molar-refractivity contribution is 6.31. The normalized spacial score (nSPS) is 10.6. The fourth-order valence-corrected chi connectivity index (χ4v) is 2.29. The second-order valence-electron chi connectivity index (χ2n) is 5.09. The van der Waals surface area contributed by atoms with Crippen LogP contribution in [0, 0.1) is 27.7 Å². The van der Waals surface area contributed by atoms with E-state index in [4.69, 9.17) is 21.1 Å². The molecule has 0 fully saturated rings. The van der Waals surface area contributed by atoms with Gasteiger partial charge in [-0.05, 0) is 39.3 Å². The van der Waals surface area contributed by atoms with Crippen LogP contribution in [0.3, 0.4) is 0 Å². The third-order valence-corrected chi connectivity index (χ3v) is 3.73. The lowest BCUT2D eigenvalue weighted by Gasteiger charge is -2.17. The number of methoxy groups -OCH3 is 1.